The summed E-state index contributed by atoms with van der Waals surface area (Å²) in [6.07, 6.45) is 6.33. The molecule has 0 radical (unpaired) electrons. The molecule has 0 bridgehead atoms. The van der Waals surface area contributed by atoms with E-state index in [0.717, 1.165) is 36.3 Å². The zero-order chi connectivity index (χ0) is 21.5. The number of imidazole rings is 1. The molecule has 0 unspecified atom stereocenters. The minimum Gasteiger partial charge on any atom is -0.478 e. The smallest absolute Gasteiger partial charge is 0.338 e. The zero-order valence-corrected chi connectivity index (χ0v) is 17.4. The largest absolute Gasteiger partial charge is 0.478 e. The van der Waals surface area contributed by atoms with Crippen LogP contribution >= 0.6 is 11.8 Å². The van der Waals surface area contributed by atoms with Crippen molar-refractivity contribution in [2.24, 2.45) is 0 Å². The molecule has 30 heavy (non-hydrogen) atoms. The van der Waals surface area contributed by atoms with E-state index in [1.807, 2.05) is 18.3 Å². The van der Waals surface area contributed by atoms with Crippen molar-refractivity contribution in [2.45, 2.75) is 43.5 Å². The minimum absolute atomic E-state index is 0.184. The molecule has 3 rings (SSSR count). The summed E-state index contributed by atoms with van der Waals surface area (Å²) >= 11 is 1.37. The lowest BCUT2D eigenvalue weighted by molar-refractivity contribution is 0.0683. The number of carbonyl (C=O) groups is 2. The quantitative estimate of drug-likeness (QED) is 0.465. The maximum absolute atomic E-state index is 11.4. The lowest BCUT2D eigenvalue weighted by Crippen LogP contribution is -2.09. The first-order chi connectivity index (χ1) is 14.5. The Hall–Kier alpha value is -3.13. The van der Waals surface area contributed by atoms with Gasteiger partial charge in [0.1, 0.15) is 10.9 Å². The Kier molecular flexibility index (Phi) is 7.24. The van der Waals surface area contributed by atoms with Gasteiger partial charge in [0.05, 0.1) is 11.1 Å². The summed E-state index contributed by atoms with van der Waals surface area (Å²) in [5.74, 6) is -0.450. The first-order valence-electron chi connectivity index (χ1n) is 9.66. The van der Waals surface area contributed by atoms with E-state index in [2.05, 4.69) is 21.5 Å². The number of carboxylic acids is 2. The number of aromatic carboxylic acids is 2. The van der Waals surface area contributed by atoms with E-state index in [9.17, 15) is 14.7 Å². The number of pyridine rings is 1. The van der Waals surface area contributed by atoms with E-state index in [0.29, 0.717) is 17.3 Å². The zero-order valence-electron chi connectivity index (χ0n) is 16.6. The average Bonchev–Trinajstić information content (AvgIpc) is 3.12. The van der Waals surface area contributed by atoms with Crippen LogP contribution in [0.25, 0.3) is 0 Å². The van der Waals surface area contributed by atoms with E-state index in [1.54, 1.807) is 30.5 Å². The number of aromatic nitrogens is 3. The van der Waals surface area contributed by atoms with Gasteiger partial charge in [-0.15, -0.1) is 0 Å². The van der Waals surface area contributed by atoms with Crippen LogP contribution in [-0.2, 0) is 18.7 Å². The van der Waals surface area contributed by atoms with E-state index in [-0.39, 0.29) is 11.1 Å². The van der Waals surface area contributed by atoms with E-state index < -0.39 is 11.9 Å². The highest BCUT2D eigenvalue weighted by Crippen LogP contribution is 2.25. The Labute approximate surface area is 178 Å². The number of aryl methyl sites for hydroxylation is 1. The molecule has 0 amide bonds. The average molecular weight is 426 g/mol. The summed E-state index contributed by atoms with van der Waals surface area (Å²) in [6.45, 7) is 2.70. The Balaban J connectivity index is 1.83. The highest BCUT2D eigenvalue weighted by molar-refractivity contribution is 7.98. The molecular weight excluding hydrogens is 402 g/mol. The summed E-state index contributed by atoms with van der Waals surface area (Å²) in [4.78, 5) is 31.3. The lowest BCUT2D eigenvalue weighted by Gasteiger charge is -2.13. The second kappa shape index (κ2) is 10.1. The molecular formula is C22H23N3O4S. The fourth-order valence-corrected chi connectivity index (χ4v) is 4.00. The number of carboxylic acid groups (broad SMARTS) is 2. The fraction of sp³-hybridized carbons (Fsp3) is 0.273. The van der Waals surface area contributed by atoms with Gasteiger partial charge >= 0.3 is 11.9 Å². The van der Waals surface area contributed by atoms with Crippen molar-refractivity contribution in [3.63, 3.8) is 0 Å². The highest BCUT2D eigenvalue weighted by atomic mass is 32.2. The Morgan fingerprint density at radius 3 is 2.50 bits per heavy atom. The summed E-state index contributed by atoms with van der Waals surface area (Å²) < 4.78 is 2.13. The Morgan fingerprint density at radius 2 is 1.83 bits per heavy atom. The van der Waals surface area contributed by atoms with Crippen LogP contribution < -0.4 is 0 Å². The van der Waals surface area contributed by atoms with Crippen LogP contribution in [0.5, 0.6) is 0 Å². The van der Waals surface area contributed by atoms with Crippen LogP contribution in [0.4, 0.5) is 0 Å². The van der Waals surface area contributed by atoms with Gasteiger partial charge in [0, 0.05) is 36.8 Å². The molecule has 0 fully saturated rings. The van der Waals surface area contributed by atoms with Crippen LogP contribution in [0.15, 0.2) is 53.8 Å². The van der Waals surface area contributed by atoms with Crippen LogP contribution in [0.1, 0.15) is 57.6 Å². The van der Waals surface area contributed by atoms with Crippen LogP contribution in [0, 0.1) is 0 Å². The molecule has 0 aliphatic heterocycles. The number of unbranched alkanes of at least 4 members (excludes halogenated alkanes) is 1. The fourth-order valence-electron chi connectivity index (χ4n) is 3.04. The molecule has 0 atom stereocenters. The number of hydrogen-bond donors (Lipinski definition) is 2. The molecule has 0 spiro atoms. The number of nitrogens with zero attached hydrogens (tertiary/aromatic N) is 3. The molecule has 2 aromatic heterocycles. The molecule has 0 aliphatic carbocycles. The molecule has 0 saturated heterocycles. The summed E-state index contributed by atoms with van der Waals surface area (Å²) in [7, 11) is 0. The molecule has 156 valence electrons. The maximum atomic E-state index is 11.4. The SMILES string of the molecule is CCCCc1ncc(CSc2ncccc2C(=O)O)n1Cc1ccc(C(=O)O)cc1. The molecule has 0 saturated carbocycles. The monoisotopic (exact) mass is 425 g/mol. The number of thioether (sulfide) groups is 1. The first kappa shape index (κ1) is 21.6. The van der Waals surface area contributed by atoms with Crippen LogP contribution in [0.3, 0.4) is 0 Å². The van der Waals surface area contributed by atoms with Crippen molar-refractivity contribution >= 4 is 23.7 Å². The predicted molar refractivity (Wildman–Crippen MR) is 114 cm³/mol. The number of rotatable bonds is 10. The summed E-state index contributed by atoms with van der Waals surface area (Å²) in [5.41, 5.74) is 2.38. The van der Waals surface area contributed by atoms with Crippen molar-refractivity contribution in [2.75, 3.05) is 0 Å². The van der Waals surface area contributed by atoms with Crippen molar-refractivity contribution in [1.82, 2.24) is 14.5 Å². The van der Waals surface area contributed by atoms with E-state index in [1.165, 1.54) is 11.8 Å². The second-order valence-electron chi connectivity index (χ2n) is 6.81. The van der Waals surface area contributed by atoms with E-state index >= 15 is 0 Å². The third-order valence-corrected chi connectivity index (χ3v) is 5.71. The Bertz CT molecular complexity index is 1030. The van der Waals surface area contributed by atoms with Gasteiger partial charge in [-0.3, -0.25) is 0 Å². The van der Waals surface area contributed by atoms with Crippen molar-refractivity contribution in [1.29, 1.82) is 0 Å². The van der Waals surface area contributed by atoms with Crippen molar-refractivity contribution in [3.8, 4) is 0 Å². The first-order valence-corrected chi connectivity index (χ1v) is 10.6. The number of hydrogen-bond acceptors (Lipinski definition) is 5. The lowest BCUT2D eigenvalue weighted by atomic mass is 10.1. The molecule has 0 aliphatic rings. The van der Waals surface area contributed by atoms with Gasteiger partial charge in [0.25, 0.3) is 0 Å². The minimum atomic E-state index is -0.999. The van der Waals surface area contributed by atoms with Gasteiger partial charge in [0.15, 0.2) is 0 Å². The summed E-state index contributed by atoms with van der Waals surface area (Å²) in [5, 5.41) is 18.9. The van der Waals surface area contributed by atoms with Crippen molar-refractivity contribution in [3.05, 3.63) is 77.0 Å². The van der Waals surface area contributed by atoms with Gasteiger partial charge in [-0.05, 0) is 36.2 Å². The molecule has 2 heterocycles. The van der Waals surface area contributed by atoms with Gasteiger partial charge in [-0.25, -0.2) is 19.6 Å². The van der Waals surface area contributed by atoms with Gasteiger partial charge < -0.3 is 14.8 Å². The number of benzene rings is 1. The predicted octanol–water partition coefficient (Wildman–Crippen LogP) is 4.36. The topological polar surface area (TPSA) is 105 Å². The third-order valence-electron chi connectivity index (χ3n) is 4.67. The second-order valence-corrected chi connectivity index (χ2v) is 7.77. The van der Waals surface area contributed by atoms with Crippen molar-refractivity contribution < 1.29 is 19.8 Å². The summed E-state index contributed by atoms with van der Waals surface area (Å²) in [6, 6.07) is 9.98. The molecule has 1 aromatic carbocycles. The van der Waals surface area contributed by atoms with Gasteiger partial charge in [-0.1, -0.05) is 37.2 Å². The molecule has 8 heteroatoms. The standard InChI is InChI=1S/C22H23N3O4S/c1-2-3-6-19-24-12-17(14-30-20-18(22(28)29)5-4-11-23-20)25(19)13-15-7-9-16(10-8-15)21(26)27/h4-5,7-12H,2-3,6,13-14H2,1H3,(H,26,27)(H,28,29). The third kappa shape index (κ3) is 5.27. The van der Waals surface area contributed by atoms with E-state index in [4.69, 9.17) is 5.11 Å². The molecule has 3 aromatic rings. The molecule has 2 N–H and O–H groups in total. The highest BCUT2D eigenvalue weighted by Gasteiger charge is 2.15. The van der Waals surface area contributed by atoms with Gasteiger partial charge in [-0.2, -0.15) is 0 Å². The maximum Gasteiger partial charge on any atom is 0.338 e. The molecule has 7 nitrogen and oxygen atoms in total. The normalized spacial score (nSPS) is 10.8. The van der Waals surface area contributed by atoms with Gasteiger partial charge in [0.2, 0.25) is 0 Å². The van der Waals surface area contributed by atoms with Crippen LogP contribution in [-0.4, -0.2) is 36.7 Å². The van der Waals surface area contributed by atoms with Crippen LogP contribution in [0.2, 0.25) is 0 Å². The Morgan fingerprint density at radius 1 is 1.07 bits per heavy atom.